The molecule has 0 heterocycles. The molecule has 1 aromatic carbocycles. The molecule has 0 aliphatic heterocycles. The van der Waals surface area contributed by atoms with Gasteiger partial charge in [0, 0.05) is 5.56 Å². The fourth-order valence-electron chi connectivity index (χ4n) is 1.61. The van der Waals surface area contributed by atoms with Crippen molar-refractivity contribution in [1.29, 1.82) is 0 Å². The molecule has 0 spiro atoms. The lowest BCUT2D eigenvalue weighted by Gasteiger charge is -2.05. The van der Waals surface area contributed by atoms with Gasteiger partial charge in [0.05, 0.1) is 4.47 Å². The number of allylic oxidation sites excluding steroid dienone is 1. The van der Waals surface area contributed by atoms with E-state index in [0.717, 1.165) is 31.5 Å². The summed E-state index contributed by atoms with van der Waals surface area (Å²) in [5.74, 6) is -0.178. The van der Waals surface area contributed by atoms with E-state index in [9.17, 15) is 4.39 Å². The molecule has 94 valence electrons. The van der Waals surface area contributed by atoms with Crippen molar-refractivity contribution in [2.75, 3.05) is 13.1 Å². The van der Waals surface area contributed by atoms with E-state index in [1.54, 1.807) is 6.07 Å². The Kier molecular flexibility index (Phi) is 6.45. The van der Waals surface area contributed by atoms with Gasteiger partial charge in [0.25, 0.3) is 0 Å². The van der Waals surface area contributed by atoms with E-state index < -0.39 is 0 Å². The van der Waals surface area contributed by atoms with E-state index in [4.69, 9.17) is 0 Å². The lowest BCUT2D eigenvalue weighted by Crippen LogP contribution is -2.15. The van der Waals surface area contributed by atoms with E-state index in [1.165, 1.54) is 0 Å². The van der Waals surface area contributed by atoms with Gasteiger partial charge in [-0.3, -0.25) is 0 Å². The second kappa shape index (κ2) is 7.62. The first-order chi connectivity index (χ1) is 8.16. The summed E-state index contributed by atoms with van der Waals surface area (Å²) in [6.45, 7) is 6.08. The van der Waals surface area contributed by atoms with E-state index in [-0.39, 0.29) is 5.82 Å². The molecule has 0 unspecified atom stereocenters. The molecule has 0 aromatic heterocycles. The Morgan fingerprint density at radius 1 is 1.41 bits per heavy atom. The third-order valence-electron chi connectivity index (χ3n) is 2.57. The van der Waals surface area contributed by atoms with Crippen molar-refractivity contribution in [3.8, 4) is 0 Å². The van der Waals surface area contributed by atoms with Gasteiger partial charge in [-0.25, -0.2) is 4.39 Å². The topological polar surface area (TPSA) is 12.0 Å². The molecule has 1 nitrogen and oxygen atoms in total. The fraction of sp³-hybridized carbons (Fsp3) is 0.429. The molecule has 0 amide bonds. The molecular weight excluding hydrogens is 281 g/mol. The third kappa shape index (κ3) is 4.60. The molecule has 0 aliphatic rings. The minimum absolute atomic E-state index is 0.178. The first-order valence-corrected chi connectivity index (χ1v) is 6.78. The summed E-state index contributed by atoms with van der Waals surface area (Å²) in [7, 11) is 0. The van der Waals surface area contributed by atoms with Gasteiger partial charge < -0.3 is 5.32 Å². The quantitative estimate of drug-likeness (QED) is 0.769. The molecule has 3 heteroatoms. The van der Waals surface area contributed by atoms with Crippen LogP contribution in [0.2, 0.25) is 0 Å². The zero-order chi connectivity index (χ0) is 12.7. The molecule has 1 aromatic rings. The Bertz CT molecular complexity index is 388. The Morgan fingerprint density at radius 2 is 2.18 bits per heavy atom. The highest BCUT2D eigenvalue weighted by Crippen LogP contribution is 2.24. The first kappa shape index (κ1) is 14.4. The maximum absolute atomic E-state index is 13.8. The Hall–Kier alpha value is -0.670. The van der Waals surface area contributed by atoms with Crippen molar-refractivity contribution < 1.29 is 4.39 Å². The summed E-state index contributed by atoms with van der Waals surface area (Å²) in [6.07, 6.45) is 4.15. The van der Waals surface area contributed by atoms with E-state index in [2.05, 4.69) is 34.2 Å². The van der Waals surface area contributed by atoms with Crippen molar-refractivity contribution >= 4 is 21.5 Å². The van der Waals surface area contributed by atoms with E-state index in [0.29, 0.717) is 10.0 Å². The van der Waals surface area contributed by atoms with Gasteiger partial charge in [-0.05, 0) is 60.4 Å². The second-order valence-corrected chi connectivity index (χ2v) is 4.88. The first-order valence-electron chi connectivity index (χ1n) is 5.98. The van der Waals surface area contributed by atoms with Crippen LogP contribution in [0.4, 0.5) is 4.39 Å². The van der Waals surface area contributed by atoms with Gasteiger partial charge in [-0.15, -0.1) is 0 Å². The summed E-state index contributed by atoms with van der Waals surface area (Å²) >= 11 is 3.20. The fourth-order valence-corrected chi connectivity index (χ4v) is 1.98. The monoisotopic (exact) mass is 299 g/mol. The van der Waals surface area contributed by atoms with Crippen LogP contribution in [0.25, 0.3) is 5.57 Å². The van der Waals surface area contributed by atoms with Crippen molar-refractivity contribution in [2.24, 2.45) is 0 Å². The maximum Gasteiger partial charge on any atom is 0.144 e. The second-order valence-electron chi connectivity index (χ2n) is 4.03. The van der Waals surface area contributed by atoms with E-state index in [1.807, 2.05) is 19.1 Å². The van der Waals surface area contributed by atoms with Crippen molar-refractivity contribution in [1.82, 2.24) is 5.32 Å². The molecule has 0 radical (unpaired) electrons. The van der Waals surface area contributed by atoms with Crippen molar-refractivity contribution in [3.05, 3.63) is 40.1 Å². The van der Waals surface area contributed by atoms with Gasteiger partial charge in [0.15, 0.2) is 0 Å². The zero-order valence-corrected chi connectivity index (χ0v) is 12.0. The molecule has 0 bridgehead atoms. The summed E-state index contributed by atoms with van der Waals surface area (Å²) < 4.78 is 14.3. The number of benzene rings is 1. The van der Waals surface area contributed by atoms with Crippen LogP contribution in [-0.4, -0.2) is 13.1 Å². The largest absolute Gasteiger partial charge is 0.316 e. The number of halogens is 2. The lowest BCUT2D eigenvalue weighted by molar-refractivity contribution is 0.617. The van der Waals surface area contributed by atoms with Crippen LogP contribution >= 0.6 is 15.9 Å². The highest BCUT2D eigenvalue weighted by molar-refractivity contribution is 9.10. The highest BCUT2D eigenvalue weighted by atomic mass is 79.9. The summed E-state index contributed by atoms with van der Waals surface area (Å²) in [5.41, 5.74) is 1.66. The maximum atomic E-state index is 13.8. The molecule has 0 aliphatic carbocycles. The van der Waals surface area contributed by atoms with Gasteiger partial charge in [-0.1, -0.05) is 25.1 Å². The molecule has 0 atom stereocenters. The minimum atomic E-state index is -0.178. The lowest BCUT2D eigenvalue weighted by atomic mass is 10.1. The van der Waals surface area contributed by atoms with Crippen LogP contribution < -0.4 is 5.32 Å². The molecule has 17 heavy (non-hydrogen) atoms. The number of nitrogens with one attached hydrogen (secondary N) is 1. The normalized spacial score (nSPS) is 11.9. The standard InChI is InChI=1S/C14H19BrFN/c1-3-9-17-10-5-6-11(2)12-7-4-8-13(15)14(12)16/h4,6-8,17H,3,5,9-10H2,1-2H3/b11-6-. The van der Waals surface area contributed by atoms with Crippen LogP contribution in [0.5, 0.6) is 0 Å². The third-order valence-corrected chi connectivity index (χ3v) is 3.19. The van der Waals surface area contributed by atoms with Gasteiger partial charge >= 0.3 is 0 Å². The number of hydrogen-bond acceptors (Lipinski definition) is 1. The molecule has 0 saturated heterocycles. The molecule has 0 saturated carbocycles. The van der Waals surface area contributed by atoms with E-state index >= 15 is 0 Å². The van der Waals surface area contributed by atoms with Crippen LogP contribution in [0.1, 0.15) is 32.3 Å². The molecule has 1 N–H and O–H groups in total. The van der Waals surface area contributed by atoms with Crippen LogP contribution in [0.3, 0.4) is 0 Å². The zero-order valence-electron chi connectivity index (χ0n) is 10.4. The summed E-state index contributed by atoms with van der Waals surface area (Å²) in [4.78, 5) is 0. The Balaban J connectivity index is 2.59. The molecule has 1 rings (SSSR count). The number of rotatable bonds is 6. The molecule has 0 fully saturated rings. The van der Waals surface area contributed by atoms with Gasteiger partial charge in [0.1, 0.15) is 5.82 Å². The average molecular weight is 300 g/mol. The minimum Gasteiger partial charge on any atom is -0.316 e. The smallest absolute Gasteiger partial charge is 0.144 e. The predicted octanol–water partition coefficient (Wildman–Crippen LogP) is 4.38. The van der Waals surface area contributed by atoms with Gasteiger partial charge in [0.2, 0.25) is 0 Å². The van der Waals surface area contributed by atoms with Crippen molar-refractivity contribution in [3.63, 3.8) is 0 Å². The summed E-state index contributed by atoms with van der Waals surface area (Å²) in [5, 5.41) is 3.32. The molecular formula is C14H19BrFN. The Morgan fingerprint density at radius 3 is 2.88 bits per heavy atom. The number of hydrogen-bond donors (Lipinski definition) is 1. The SMILES string of the molecule is CCCNCC/C=C(/C)c1cccc(Br)c1F. The Labute approximate surface area is 111 Å². The van der Waals surface area contributed by atoms with Crippen LogP contribution in [0.15, 0.2) is 28.7 Å². The van der Waals surface area contributed by atoms with Crippen LogP contribution in [-0.2, 0) is 0 Å². The van der Waals surface area contributed by atoms with Gasteiger partial charge in [-0.2, -0.15) is 0 Å². The average Bonchev–Trinajstić information content (AvgIpc) is 2.32. The summed E-state index contributed by atoms with van der Waals surface area (Å²) in [6, 6.07) is 5.38. The highest BCUT2D eigenvalue weighted by Gasteiger charge is 2.06. The van der Waals surface area contributed by atoms with Crippen molar-refractivity contribution in [2.45, 2.75) is 26.7 Å². The van der Waals surface area contributed by atoms with Crippen LogP contribution in [0, 0.1) is 5.82 Å². The predicted molar refractivity (Wildman–Crippen MR) is 75.5 cm³/mol.